The van der Waals surface area contributed by atoms with Crippen molar-refractivity contribution in [3.05, 3.63) is 51.6 Å². The predicted octanol–water partition coefficient (Wildman–Crippen LogP) is 3.45. The second kappa shape index (κ2) is 7.64. The van der Waals surface area contributed by atoms with Crippen LogP contribution in [0.25, 0.3) is 0 Å². The van der Waals surface area contributed by atoms with Gasteiger partial charge in [0.2, 0.25) is 0 Å². The van der Waals surface area contributed by atoms with Gasteiger partial charge < -0.3 is 9.47 Å². The van der Waals surface area contributed by atoms with Gasteiger partial charge in [-0.3, -0.25) is 9.69 Å². The molecule has 0 atom stereocenters. The Balaban J connectivity index is 1.40. The second-order valence-corrected chi connectivity index (χ2v) is 8.14. The lowest BCUT2D eigenvalue weighted by atomic mass is 10.1. The summed E-state index contributed by atoms with van der Waals surface area (Å²) in [4.78, 5) is 22.1. The lowest BCUT2D eigenvalue weighted by Gasteiger charge is -2.35. The molecule has 0 bridgehead atoms. The number of rotatable bonds is 3. The number of imidazole rings is 1. The summed E-state index contributed by atoms with van der Waals surface area (Å²) in [6.07, 6.45) is 3.30. The van der Waals surface area contributed by atoms with Crippen molar-refractivity contribution in [1.82, 2.24) is 19.4 Å². The zero-order valence-electron chi connectivity index (χ0n) is 16.2. The number of piperazine rings is 1. The van der Waals surface area contributed by atoms with Crippen LogP contribution in [0, 0.1) is 13.8 Å². The summed E-state index contributed by atoms with van der Waals surface area (Å²) in [6, 6.07) is 6.07. The summed E-state index contributed by atoms with van der Waals surface area (Å²) >= 11 is 6.06. The molecule has 0 spiro atoms. The van der Waals surface area contributed by atoms with Gasteiger partial charge in [-0.2, -0.15) is 0 Å². The minimum absolute atomic E-state index is 0.107. The smallest absolute Gasteiger partial charge is 0.274 e. The minimum Gasteiger partial charge on any atom is -0.335 e. The minimum atomic E-state index is 0.107. The van der Waals surface area contributed by atoms with Gasteiger partial charge in [-0.15, -0.1) is 0 Å². The number of carbonyl (C=O) groups excluding carboxylic acids is 1. The Hall–Kier alpha value is -1.85. The van der Waals surface area contributed by atoms with Gasteiger partial charge in [0.25, 0.3) is 5.91 Å². The number of aromatic nitrogens is 2. The predicted molar refractivity (Wildman–Crippen MR) is 107 cm³/mol. The Morgan fingerprint density at radius 3 is 2.63 bits per heavy atom. The molecule has 0 saturated carbocycles. The maximum Gasteiger partial charge on any atom is 0.274 e. The second-order valence-electron chi connectivity index (χ2n) is 7.70. The third-order valence-corrected chi connectivity index (χ3v) is 6.10. The maximum atomic E-state index is 13.1. The first kappa shape index (κ1) is 18.5. The Bertz CT molecular complexity index is 852. The Labute approximate surface area is 165 Å². The fourth-order valence-corrected chi connectivity index (χ4v) is 4.46. The van der Waals surface area contributed by atoms with Crippen molar-refractivity contribution in [2.45, 2.75) is 46.2 Å². The van der Waals surface area contributed by atoms with Gasteiger partial charge in [0.05, 0.1) is 5.69 Å². The summed E-state index contributed by atoms with van der Waals surface area (Å²) in [7, 11) is 0. The largest absolute Gasteiger partial charge is 0.335 e. The van der Waals surface area contributed by atoms with E-state index in [1.165, 1.54) is 17.5 Å². The Morgan fingerprint density at radius 2 is 1.89 bits per heavy atom. The van der Waals surface area contributed by atoms with Gasteiger partial charge in [0, 0.05) is 44.3 Å². The highest BCUT2D eigenvalue weighted by atomic mass is 35.5. The van der Waals surface area contributed by atoms with E-state index in [0.717, 1.165) is 68.7 Å². The molecule has 4 rings (SSSR count). The summed E-state index contributed by atoms with van der Waals surface area (Å²) in [6.45, 7) is 9.32. The van der Waals surface area contributed by atoms with Crippen LogP contribution >= 0.6 is 11.6 Å². The van der Waals surface area contributed by atoms with E-state index < -0.39 is 0 Å². The fourth-order valence-electron chi connectivity index (χ4n) is 4.23. The van der Waals surface area contributed by atoms with Crippen LogP contribution in [0.1, 0.15) is 46.0 Å². The molecule has 0 N–H and O–H groups in total. The van der Waals surface area contributed by atoms with Crippen LogP contribution < -0.4 is 0 Å². The van der Waals surface area contributed by atoms with Gasteiger partial charge in [0.15, 0.2) is 0 Å². The lowest BCUT2D eigenvalue weighted by Crippen LogP contribution is -2.48. The van der Waals surface area contributed by atoms with Gasteiger partial charge >= 0.3 is 0 Å². The molecule has 6 heteroatoms. The van der Waals surface area contributed by atoms with Gasteiger partial charge in [-0.1, -0.05) is 17.7 Å². The lowest BCUT2D eigenvalue weighted by molar-refractivity contribution is 0.0621. The van der Waals surface area contributed by atoms with Crippen LogP contribution in [-0.4, -0.2) is 51.4 Å². The first-order valence-corrected chi connectivity index (χ1v) is 10.2. The summed E-state index contributed by atoms with van der Waals surface area (Å²) in [5.41, 5.74) is 4.36. The van der Waals surface area contributed by atoms with Crippen LogP contribution in [-0.2, 0) is 19.5 Å². The normalized spacial score (nSPS) is 17.8. The molecule has 3 heterocycles. The average Bonchev–Trinajstić information content (AvgIpc) is 3.01. The van der Waals surface area contributed by atoms with Crippen molar-refractivity contribution in [2.75, 3.05) is 26.2 Å². The number of carbonyl (C=O) groups is 1. The van der Waals surface area contributed by atoms with E-state index in [1.54, 1.807) is 0 Å². The third kappa shape index (κ3) is 3.76. The van der Waals surface area contributed by atoms with Crippen molar-refractivity contribution < 1.29 is 4.79 Å². The molecule has 1 aromatic heterocycles. The van der Waals surface area contributed by atoms with E-state index in [9.17, 15) is 4.79 Å². The third-order valence-electron chi connectivity index (χ3n) is 5.87. The molecule has 1 aromatic carbocycles. The summed E-state index contributed by atoms with van der Waals surface area (Å²) in [5.74, 6) is 1.08. The van der Waals surface area contributed by atoms with Crippen molar-refractivity contribution in [3.63, 3.8) is 0 Å². The highest BCUT2D eigenvalue weighted by Gasteiger charge is 2.28. The summed E-state index contributed by atoms with van der Waals surface area (Å²) in [5, 5.41) is 0.783. The number of benzene rings is 1. The number of hydrogen-bond donors (Lipinski definition) is 0. The number of fused-ring (bicyclic) bond motifs is 1. The number of nitrogens with zero attached hydrogens (tertiary/aromatic N) is 4. The first-order chi connectivity index (χ1) is 13.0. The van der Waals surface area contributed by atoms with Crippen LogP contribution in [0.4, 0.5) is 0 Å². The van der Waals surface area contributed by atoms with Crippen LogP contribution in [0.5, 0.6) is 0 Å². The van der Waals surface area contributed by atoms with Crippen LogP contribution in [0.3, 0.4) is 0 Å². The van der Waals surface area contributed by atoms with Crippen molar-refractivity contribution in [3.8, 4) is 0 Å². The van der Waals surface area contributed by atoms with Crippen molar-refractivity contribution in [2.24, 2.45) is 0 Å². The van der Waals surface area contributed by atoms with Gasteiger partial charge in [-0.05, 0) is 56.4 Å². The first-order valence-electron chi connectivity index (χ1n) is 9.85. The molecular weight excluding hydrogens is 360 g/mol. The van der Waals surface area contributed by atoms with Gasteiger partial charge in [0.1, 0.15) is 11.5 Å². The van der Waals surface area contributed by atoms with E-state index in [0.29, 0.717) is 5.69 Å². The van der Waals surface area contributed by atoms with E-state index in [2.05, 4.69) is 27.4 Å². The van der Waals surface area contributed by atoms with E-state index in [4.69, 9.17) is 11.6 Å². The van der Waals surface area contributed by atoms with E-state index in [1.807, 2.05) is 24.0 Å². The molecule has 144 valence electrons. The molecule has 5 nitrogen and oxygen atoms in total. The molecule has 1 fully saturated rings. The van der Waals surface area contributed by atoms with Crippen molar-refractivity contribution >= 4 is 17.5 Å². The average molecular weight is 387 g/mol. The molecular formula is C21H27ClN4O. The quantitative estimate of drug-likeness (QED) is 0.811. The zero-order chi connectivity index (χ0) is 19.0. The molecule has 0 unspecified atom stereocenters. The Kier molecular flexibility index (Phi) is 5.24. The highest BCUT2D eigenvalue weighted by molar-refractivity contribution is 6.30. The number of halogens is 1. The molecule has 2 aliphatic rings. The van der Waals surface area contributed by atoms with E-state index >= 15 is 0 Å². The number of hydrogen-bond acceptors (Lipinski definition) is 3. The fraction of sp³-hybridized carbons (Fsp3) is 0.524. The molecule has 0 aliphatic carbocycles. The Morgan fingerprint density at radius 1 is 1.11 bits per heavy atom. The van der Waals surface area contributed by atoms with Crippen molar-refractivity contribution in [1.29, 1.82) is 0 Å². The number of aryl methyl sites for hydroxylation is 2. The molecule has 1 amide bonds. The maximum absolute atomic E-state index is 13.1. The monoisotopic (exact) mass is 386 g/mol. The molecule has 2 aromatic rings. The van der Waals surface area contributed by atoms with Crippen LogP contribution in [0.15, 0.2) is 18.2 Å². The molecule has 0 radical (unpaired) electrons. The van der Waals surface area contributed by atoms with Crippen LogP contribution in [0.2, 0.25) is 5.02 Å². The summed E-state index contributed by atoms with van der Waals surface area (Å²) < 4.78 is 2.23. The van der Waals surface area contributed by atoms with Gasteiger partial charge in [-0.25, -0.2) is 4.98 Å². The molecule has 27 heavy (non-hydrogen) atoms. The standard InChI is InChI=1S/C21H27ClN4O/c1-15-13-18(22)7-6-17(15)14-24-9-11-25(12-10-24)21(27)20-19-5-3-4-8-26(19)16(2)23-20/h6-7,13H,3-5,8-12,14H2,1-2H3. The van der Waals surface area contributed by atoms with E-state index in [-0.39, 0.29) is 5.91 Å². The molecule has 2 aliphatic heterocycles. The highest BCUT2D eigenvalue weighted by Crippen LogP contribution is 2.23. The topological polar surface area (TPSA) is 41.4 Å². The number of amides is 1. The zero-order valence-corrected chi connectivity index (χ0v) is 16.9. The molecule has 1 saturated heterocycles. The SMILES string of the molecule is Cc1cc(Cl)ccc1CN1CCN(C(=O)c2nc(C)n3c2CCCC3)CC1.